The number of hydrogen-bond donors (Lipinski definition) is 1. The summed E-state index contributed by atoms with van der Waals surface area (Å²) in [4.78, 5) is 26.5. The van der Waals surface area contributed by atoms with E-state index in [-0.39, 0.29) is 11.9 Å². The Bertz CT molecular complexity index is 261. The summed E-state index contributed by atoms with van der Waals surface area (Å²) in [7, 11) is 0. The smallest absolute Gasteiger partial charge is 0.317 e. The second kappa shape index (κ2) is 4.51. The van der Waals surface area contributed by atoms with E-state index in [9.17, 15) is 9.59 Å². The van der Waals surface area contributed by atoms with Crippen LogP contribution in [0.2, 0.25) is 0 Å². The normalized spacial score (nSPS) is 20.9. The first-order valence-electron chi connectivity index (χ1n) is 5.58. The topological polar surface area (TPSA) is 52.7 Å². The fourth-order valence-corrected chi connectivity index (χ4v) is 2.08. The van der Waals surface area contributed by atoms with Crippen LogP contribution in [-0.4, -0.2) is 54.5 Å². The van der Waals surface area contributed by atoms with E-state index in [0.29, 0.717) is 19.5 Å². The molecular weight excluding hydrogens is 194 g/mol. The van der Waals surface area contributed by atoms with Gasteiger partial charge in [-0.05, 0) is 12.8 Å². The van der Waals surface area contributed by atoms with Gasteiger partial charge in [0.1, 0.15) is 0 Å². The number of carbonyl (C=O) groups excluding carboxylic acids is 2. The number of nitrogens with one attached hydrogen (secondary N) is 1. The van der Waals surface area contributed by atoms with Crippen LogP contribution >= 0.6 is 0 Å². The van der Waals surface area contributed by atoms with Crippen molar-refractivity contribution in [3.63, 3.8) is 0 Å². The largest absolute Gasteiger partial charge is 0.343 e. The van der Waals surface area contributed by atoms with Crippen molar-refractivity contribution >= 4 is 11.9 Å². The number of likely N-dealkylation sites (tertiary alicyclic amines) is 1. The van der Waals surface area contributed by atoms with Gasteiger partial charge in [-0.3, -0.25) is 4.79 Å². The third-order valence-corrected chi connectivity index (χ3v) is 3.00. The maximum atomic E-state index is 11.7. The molecule has 0 atom stereocenters. The second-order valence-electron chi connectivity index (χ2n) is 4.06. The lowest BCUT2D eigenvalue weighted by atomic mass is 10.3. The molecule has 0 aliphatic carbocycles. The molecule has 2 rings (SSSR count). The van der Waals surface area contributed by atoms with Crippen molar-refractivity contribution in [2.75, 3.05) is 32.7 Å². The standard InChI is InChI=1S/C10H17N3O2/c14-9(12-5-1-2-6-12)3-7-13-8-4-11-10(13)15/h1-8H2,(H,11,15). The number of rotatable bonds is 3. The average molecular weight is 211 g/mol. The zero-order valence-corrected chi connectivity index (χ0v) is 8.87. The van der Waals surface area contributed by atoms with E-state index in [4.69, 9.17) is 0 Å². The SMILES string of the molecule is O=C(CCN1CCNC1=O)N1CCCC1. The van der Waals surface area contributed by atoms with E-state index in [0.717, 1.165) is 32.5 Å². The molecule has 2 aliphatic rings. The van der Waals surface area contributed by atoms with Crippen LogP contribution in [0.15, 0.2) is 0 Å². The van der Waals surface area contributed by atoms with Crippen molar-refractivity contribution in [2.24, 2.45) is 0 Å². The lowest BCUT2D eigenvalue weighted by molar-refractivity contribution is -0.130. The summed E-state index contributed by atoms with van der Waals surface area (Å²) in [5.74, 6) is 0.187. The van der Waals surface area contributed by atoms with Gasteiger partial charge >= 0.3 is 6.03 Å². The fourth-order valence-electron chi connectivity index (χ4n) is 2.08. The third-order valence-electron chi connectivity index (χ3n) is 3.00. The molecule has 2 fully saturated rings. The molecule has 84 valence electrons. The van der Waals surface area contributed by atoms with Crippen molar-refractivity contribution in [3.05, 3.63) is 0 Å². The Hall–Kier alpha value is -1.26. The zero-order chi connectivity index (χ0) is 10.7. The summed E-state index contributed by atoms with van der Waals surface area (Å²) in [5, 5.41) is 2.72. The van der Waals surface area contributed by atoms with Gasteiger partial charge in [0.05, 0.1) is 0 Å². The Morgan fingerprint density at radius 2 is 2.00 bits per heavy atom. The van der Waals surface area contributed by atoms with Gasteiger partial charge in [-0.15, -0.1) is 0 Å². The van der Waals surface area contributed by atoms with Crippen molar-refractivity contribution in [3.8, 4) is 0 Å². The molecule has 0 aromatic heterocycles. The van der Waals surface area contributed by atoms with Gasteiger partial charge in [0, 0.05) is 39.1 Å². The molecule has 0 saturated carbocycles. The van der Waals surface area contributed by atoms with Crippen LogP contribution in [0.25, 0.3) is 0 Å². The number of carbonyl (C=O) groups is 2. The first kappa shape index (κ1) is 10.3. The van der Waals surface area contributed by atoms with Gasteiger partial charge in [-0.1, -0.05) is 0 Å². The highest BCUT2D eigenvalue weighted by Crippen LogP contribution is 2.09. The average Bonchev–Trinajstić information content (AvgIpc) is 2.85. The highest BCUT2D eigenvalue weighted by Gasteiger charge is 2.22. The monoisotopic (exact) mass is 211 g/mol. The Kier molecular flexibility index (Phi) is 3.08. The van der Waals surface area contributed by atoms with Crippen LogP contribution in [-0.2, 0) is 4.79 Å². The highest BCUT2D eigenvalue weighted by atomic mass is 16.2. The van der Waals surface area contributed by atoms with Crippen molar-refractivity contribution < 1.29 is 9.59 Å². The van der Waals surface area contributed by atoms with Gasteiger partial charge in [-0.2, -0.15) is 0 Å². The van der Waals surface area contributed by atoms with Crippen molar-refractivity contribution in [1.82, 2.24) is 15.1 Å². The predicted octanol–water partition coefficient (Wildman–Crippen LogP) is 0.0241. The number of nitrogens with zero attached hydrogens (tertiary/aromatic N) is 2. The molecular formula is C10H17N3O2. The summed E-state index contributed by atoms with van der Waals surface area (Å²) in [6, 6.07) is -0.0378. The van der Waals surface area contributed by atoms with Gasteiger partial charge < -0.3 is 15.1 Å². The molecule has 1 N–H and O–H groups in total. The molecule has 0 radical (unpaired) electrons. The van der Waals surface area contributed by atoms with Gasteiger partial charge in [0.25, 0.3) is 0 Å². The van der Waals surface area contributed by atoms with E-state index in [1.54, 1.807) is 4.90 Å². The van der Waals surface area contributed by atoms with Crippen molar-refractivity contribution in [2.45, 2.75) is 19.3 Å². The highest BCUT2D eigenvalue weighted by molar-refractivity contribution is 5.79. The molecule has 0 unspecified atom stereocenters. The van der Waals surface area contributed by atoms with Gasteiger partial charge in [-0.25, -0.2) is 4.79 Å². The lowest BCUT2D eigenvalue weighted by Gasteiger charge is -2.18. The van der Waals surface area contributed by atoms with Gasteiger partial charge in [0.2, 0.25) is 5.91 Å². The summed E-state index contributed by atoms with van der Waals surface area (Å²) >= 11 is 0. The molecule has 2 saturated heterocycles. The molecule has 0 spiro atoms. The summed E-state index contributed by atoms with van der Waals surface area (Å²) < 4.78 is 0. The third kappa shape index (κ3) is 2.40. The maximum Gasteiger partial charge on any atom is 0.317 e. The first-order chi connectivity index (χ1) is 7.27. The minimum atomic E-state index is -0.0378. The number of urea groups is 1. The molecule has 3 amide bonds. The van der Waals surface area contributed by atoms with Gasteiger partial charge in [0.15, 0.2) is 0 Å². The number of amides is 3. The van der Waals surface area contributed by atoms with E-state index in [1.165, 1.54) is 0 Å². The Balaban J connectivity index is 1.72. The van der Waals surface area contributed by atoms with Crippen LogP contribution in [0.5, 0.6) is 0 Å². The minimum absolute atomic E-state index is 0.0378. The molecule has 2 aliphatic heterocycles. The molecule has 0 aromatic carbocycles. The van der Waals surface area contributed by atoms with Crippen molar-refractivity contribution in [1.29, 1.82) is 0 Å². The van der Waals surface area contributed by atoms with Crippen LogP contribution in [0, 0.1) is 0 Å². The Morgan fingerprint density at radius 1 is 1.27 bits per heavy atom. The molecule has 0 aromatic rings. The molecule has 2 heterocycles. The molecule has 5 nitrogen and oxygen atoms in total. The predicted molar refractivity (Wildman–Crippen MR) is 55.4 cm³/mol. The van der Waals surface area contributed by atoms with Crippen LogP contribution in [0.1, 0.15) is 19.3 Å². The number of hydrogen-bond acceptors (Lipinski definition) is 2. The van der Waals surface area contributed by atoms with Crippen LogP contribution in [0.4, 0.5) is 4.79 Å². The second-order valence-corrected chi connectivity index (χ2v) is 4.06. The van der Waals surface area contributed by atoms with E-state index in [2.05, 4.69) is 5.32 Å². The minimum Gasteiger partial charge on any atom is -0.343 e. The summed E-state index contributed by atoms with van der Waals surface area (Å²) in [5.41, 5.74) is 0. The van der Waals surface area contributed by atoms with E-state index >= 15 is 0 Å². The van der Waals surface area contributed by atoms with Crippen LogP contribution < -0.4 is 5.32 Å². The van der Waals surface area contributed by atoms with E-state index < -0.39 is 0 Å². The fraction of sp³-hybridized carbons (Fsp3) is 0.800. The Morgan fingerprint density at radius 3 is 2.60 bits per heavy atom. The van der Waals surface area contributed by atoms with E-state index in [1.807, 2.05) is 4.90 Å². The quantitative estimate of drug-likeness (QED) is 0.715. The Labute approximate surface area is 89.4 Å². The molecule has 0 bridgehead atoms. The zero-order valence-electron chi connectivity index (χ0n) is 8.87. The first-order valence-corrected chi connectivity index (χ1v) is 5.58. The summed E-state index contributed by atoms with van der Waals surface area (Å²) in [6.07, 6.45) is 2.71. The lowest BCUT2D eigenvalue weighted by Crippen LogP contribution is -2.34. The van der Waals surface area contributed by atoms with Crippen LogP contribution in [0.3, 0.4) is 0 Å². The maximum absolute atomic E-state index is 11.7. The summed E-state index contributed by atoms with van der Waals surface area (Å²) in [6.45, 7) is 3.78. The molecule has 5 heteroatoms. The molecule has 15 heavy (non-hydrogen) atoms.